The van der Waals surface area contributed by atoms with Crippen LogP contribution in [-0.2, 0) is 0 Å². The summed E-state index contributed by atoms with van der Waals surface area (Å²) in [6.07, 6.45) is 2.46. The van der Waals surface area contributed by atoms with Gasteiger partial charge in [-0.05, 0) is 43.2 Å². The molecule has 1 saturated carbocycles. The molecule has 0 amide bonds. The molecular weight excluding hydrogens is 486 g/mol. The minimum Gasteiger partial charge on any atom is -0.390 e. The Morgan fingerprint density at radius 3 is 1.64 bits per heavy atom. The molecule has 7 rings (SSSR count). The zero-order valence-corrected chi connectivity index (χ0v) is 22.3. The second-order valence-corrected chi connectivity index (χ2v) is 10.6. The van der Waals surface area contributed by atoms with Gasteiger partial charge in [-0.15, -0.1) is 0 Å². The van der Waals surface area contributed by atoms with E-state index in [1.54, 1.807) is 0 Å². The zero-order chi connectivity index (χ0) is 26.7. The topological polar surface area (TPSA) is 77.6 Å². The molecule has 1 aliphatic carbocycles. The van der Waals surface area contributed by atoms with E-state index in [0.717, 1.165) is 76.2 Å². The number of rotatable bonds is 6. The Morgan fingerprint density at radius 2 is 1.15 bits per heavy atom. The quantitative estimate of drug-likeness (QED) is 0.303. The van der Waals surface area contributed by atoms with Crippen LogP contribution in [0.2, 0.25) is 0 Å². The zero-order valence-electron chi connectivity index (χ0n) is 22.3. The molecule has 7 nitrogen and oxygen atoms in total. The first-order valence-electron chi connectivity index (χ1n) is 14.0. The van der Waals surface area contributed by atoms with Crippen molar-refractivity contribution in [2.45, 2.75) is 44.9 Å². The van der Waals surface area contributed by atoms with Crippen LogP contribution in [0.3, 0.4) is 0 Å². The van der Waals surface area contributed by atoms with Crippen LogP contribution in [0.1, 0.15) is 32.7 Å². The van der Waals surface area contributed by atoms with E-state index in [-0.39, 0.29) is 0 Å². The molecule has 2 atom stereocenters. The Morgan fingerprint density at radius 1 is 0.692 bits per heavy atom. The molecule has 1 fully saturated rings. The third kappa shape index (κ3) is 3.57. The van der Waals surface area contributed by atoms with Gasteiger partial charge in [0, 0.05) is 40.8 Å². The summed E-state index contributed by atoms with van der Waals surface area (Å²) in [4.78, 5) is 14.4. The number of aromatic nitrogens is 3. The third-order valence-corrected chi connectivity index (χ3v) is 8.24. The summed E-state index contributed by atoms with van der Waals surface area (Å²) in [7, 11) is 0. The van der Waals surface area contributed by atoms with Crippen LogP contribution in [0.5, 0.6) is 0 Å². The second-order valence-electron chi connectivity index (χ2n) is 10.6. The van der Waals surface area contributed by atoms with Crippen LogP contribution in [0.15, 0.2) is 84.7 Å². The Kier molecular flexibility index (Phi) is 5.79. The lowest BCUT2D eigenvalue weighted by atomic mass is 9.73. The highest BCUT2D eigenvalue weighted by atomic mass is 16.3. The highest BCUT2D eigenvalue weighted by Gasteiger charge is 2.51. The molecule has 0 spiro atoms. The molecule has 0 saturated heterocycles. The monoisotopic (exact) mass is 519 g/mol. The minimum absolute atomic E-state index is 0.410. The van der Waals surface area contributed by atoms with Gasteiger partial charge in [-0.3, -0.25) is 0 Å². The molecule has 3 heterocycles. The van der Waals surface area contributed by atoms with Crippen LogP contribution in [0.25, 0.3) is 32.8 Å². The molecule has 39 heavy (non-hydrogen) atoms. The van der Waals surface area contributed by atoms with E-state index >= 15 is 0 Å². The maximum absolute atomic E-state index is 11.6. The number of anilines is 2. The molecule has 5 aromatic rings. The fraction of sp³-hybridized carbons (Fsp3) is 0.312. The van der Waals surface area contributed by atoms with Crippen molar-refractivity contribution in [3.63, 3.8) is 0 Å². The van der Waals surface area contributed by atoms with Gasteiger partial charge in [0.05, 0.1) is 29.3 Å². The summed E-state index contributed by atoms with van der Waals surface area (Å²) < 4.78 is 2.13. The van der Waals surface area contributed by atoms with Crippen molar-refractivity contribution in [1.82, 2.24) is 14.5 Å². The molecule has 3 aromatic carbocycles. The lowest BCUT2D eigenvalue weighted by molar-refractivity contribution is -0.119. The van der Waals surface area contributed by atoms with E-state index < -0.39 is 24.2 Å². The smallest absolute Gasteiger partial charge is 0.178 e. The first-order valence-corrected chi connectivity index (χ1v) is 14.0. The number of para-hydroxylation sites is 4. The van der Waals surface area contributed by atoms with Gasteiger partial charge < -0.3 is 24.6 Å². The predicted octanol–water partition coefficient (Wildman–Crippen LogP) is 5.62. The summed E-state index contributed by atoms with van der Waals surface area (Å²) >= 11 is 0. The summed E-state index contributed by atoms with van der Waals surface area (Å²) in [6.45, 7) is 5.86. The molecule has 2 N–H and O–H groups in total. The molecule has 2 unspecified atom stereocenters. The van der Waals surface area contributed by atoms with Gasteiger partial charge in [0.15, 0.2) is 11.6 Å². The van der Waals surface area contributed by atoms with Gasteiger partial charge in [-0.25, -0.2) is 9.97 Å². The van der Waals surface area contributed by atoms with Crippen LogP contribution < -0.4 is 9.80 Å². The van der Waals surface area contributed by atoms with Crippen molar-refractivity contribution < 1.29 is 10.2 Å². The molecule has 2 aliphatic rings. The standard InChI is InChI=1S/C32H33N5O2/c1-3-17-35-27(36(18-4-2)32-31(35)33-23-13-7-8-14-24(23)34-32)19-22-29(38)28(30(22)39)37-25-15-9-5-11-20(25)21-12-6-10-16-26(21)37/h5-16,19,22,28-30,38-39H,3-4,17-18H2,1-2H3. The van der Waals surface area contributed by atoms with Crippen LogP contribution in [0.4, 0.5) is 11.6 Å². The summed E-state index contributed by atoms with van der Waals surface area (Å²) in [6, 6.07) is 24.0. The average Bonchev–Trinajstić information content (AvgIpc) is 3.43. The number of benzene rings is 3. The number of nitrogens with zero attached hydrogens (tertiary/aromatic N) is 5. The Hall–Kier alpha value is -3.94. The third-order valence-electron chi connectivity index (χ3n) is 8.24. The van der Waals surface area contributed by atoms with Gasteiger partial charge in [0.25, 0.3) is 0 Å². The van der Waals surface area contributed by atoms with E-state index in [0.29, 0.717) is 0 Å². The molecule has 198 valence electrons. The molecular formula is C32H33N5O2. The lowest BCUT2D eigenvalue weighted by Crippen LogP contribution is -2.55. The minimum atomic E-state index is -0.734. The second kappa shape index (κ2) is 9.36. The van der Waals surface area contributed by atoms with E-state index in [4.69, 9.17) is 9.97 Å². The normalized spacial score (nSPS) is 22.6. The number of fused-ring (bicyclic) bond motifs is 5. The van der Waals surface area contributed by atoms with Crippen LogP contribution in [0, 0.1) is 5.92 Å². The number of aliphatic hydroxyl groups excluding tert-OH is 2. The molecule has 0 bridgehead atoms. The van der Waals surface area contributed by atoms with Gasteiger partial charge in [-0.1, -0.05) is 62.4 Å². The molecule has 1 aliphatic heterocycles. The first-order chi connectivity index (χ1) is 19.1. The summed E-state index contributed by atoms with van der Waals surface area (Å²) in [5, 5.41) is 25.5. The Bertz CT molecular complexity index is 1610. The van der Waals surface area contributed by atoms with Crippen molar-refractivity contribution >= 4 is 44.5 Å². The Balaban J connectivity index is 1.30. The van der Waals surface area contributed by atoms with Gasteiger partial charge in [0.2, 0.25) is 0 Å². The van der Waals surface area contributed by atoms with Crippen LogP contribution in [-0.4, -0.2) is 50.0 Å². The van der Waals surface area contributed by atoms with E-state index in [1.807, 2.05) is 48.5 Å². The number of hydrogen-bond donors (Lipinski definition) is 2. The van der Waals surface area contributed by atoms with Gasteiger partial charge >= 0.3 is 0 Å². The highest BCUT2D eigenvalue weighted by molar-refractivity contribution is 6.08. The Labute approximate surface area is 227 Å². The molecule has 0 radical (unpaired) electrons. The average molecular weight is 520 g/mol. The number of aliphatic hydroxyl groups is 2. The van der Waals surface area contributed by atoms with Crippen molar-refractivity contribution in [2.75, 3.05) is 22.9 Å². The SMILES string of the molecule is CCCN1C(=CC2C(O)C(n3c4ccccc4c4ccccc43)C2O)N(CCC)c2nc3ccccc3nc21. The van der Waals surface area contributed by atoms with Crippen molar-refractivity contribution in [2.24, 2.45) is 5.92 Å². The fourth-order valence-electron chi connectivity index (χ4n) is 6.44. The van der Waals surface area contributed by atoms with E-state index in [2.05, 4.69) is 58.6 Å². The van der Waals surface area contributed by atoms with Crippen molar-refractivity contribution in [3.8, 4) is 0 Å². The fourth-order valence-corrected chi connectivity index (χ4v) is 6.44. The molecule has 2 aromatic heterocycles. The number of hydrogen-bond acceptors (Lipinski definition) is 6. The van der Waals surface area contributed by atoms with Crippen molar-refractivity contribution in [1.29, 1.82) is 0 Å². The maximum Gasteiger partial charge on any atom is 0.178 e. The summed E-state index contributed by atoms with van der Waals surface area (Å²) in [5.41, 5.74) is 3.79. The van der Waals surface area contributed by atoms with Crippen molar-refractivity contribution in [3.05, 3.63) is 84.7 Å². The maximum atomic E-state index is 11.6. The predicted molar refractivity (Wildman–Crippen MR) is 157 cm³/mol. The largest absolute Gasteiger partial charge is 0.390 e. The lowest BCUT2D eigenvalue weighted by Gasteiger charge is -2.47. The first kappa shape index (κ1) is 24.1. The summed E-state index contributed by atoms with van der Waals surface area (Å²) in [5.74, 6) is 2.23. The van der Waals surface area contributed by atoms with Gasteiger partial charge in [0.1, 0.15) is 5.82 Å². The van der Waals surface area contributed by atoms with Crippen LogP contribution >= 0.6 is 0 Å². The van der Waals surface area contributed by atoms with Gasteiger partial charge in [-0.2, -0.15) is 0 Å². The highest BCUT2D eigenvalue weighted by Crippen LogP contribution is 2.47. The van der Waals surface area contributed by atoms with E-state index in [1.165, 1.54) is 0 Å². The molecule has 7 heteroatoms. The van der Waals surface area contributed by atoms with E-state index in [9.17, 15) is 10.2 Å².